The Hall–Kier alpha value is -3.80. The Morgan fingerprint density at radius 2 is 1.14 bits per heavy atom. The van der Waals surface area contributed by atoms with E-state index in [1.807, 2.05) is 42.5 Å². The fraction of sp³-hybridized carbons (Fsp3) is 0.167. The van der Waals surface area contributed by atoms with Crippen molar-refractivity contribution in [3.63, 3.8) is 0 Å². The molecule has 29 heavy (non-hydrogen) atoms. The third-order valence-corrected chi connectivity index (χ3v) is 4.40. The summed E-state index contributed by atoms with van der Waals surface area (Å²) in [7, 11) is 0. The predicted octanol–water partition coefficient (Wildman–Crippen LogP) is 4.09. The average Bonchev–Trinajstić information content (AvgIpc) is 2.78. The smallest absolute Gasteiger partial charge is 0.161 e. The summed E-state index contributed by atoms with van der Waals surface area (Å²) in [6.45, 7) is 1.29. The van der Waals surface area contributed by atoms with Crippen LogP contribution in [0.25, 0.3) is 0 Å². The minimum Gasteiger partial charge on any atom is -0.485 e. The van der Waals surface area contributed by atoms with Crippen LogP contribution in [0.4, 0.5) is 0 Å². The van der Waals surface area contributed by atoms with Crippen LogP contribution in [0.3, 0.4) is 0 Å². The Morgan fingerprint density at radius 3 is 1.62 bits per heavy atom. The molecule has 0 aliphatic rings. The molecule has 0 fully saturated rings. The first-order chi connectivity index (χ1) is 14.2. The zero-order valence-corrected chi connectivity index (χ0v) is 16.0. The average molecular weight is 383 g/mol. The number of hydrogen-bond donors (Lipinski definition) is 1. The van der Waals surface area contributed by atoms with E-state index in [1.165, 1.54) is 0 Å². The number of nitrogens with two attached hydrogens (primary N) is 1. The molecule has 0 aliphatic heterocycles. The van der Waals surface area contributed by atoms with Gasteiger partial charge in [0, 0.05) is 0 Å². The predicted molar refractivity (Wildman–Crippen MR) is 110 cm³/mol. The van der Waals surface area contributed by atoms with Gasteiger partial charge in [0.05, 0.1) is 23.3 Å². The van der Waals surface area contributed by atoms with Crippen molar-refractivity contribution in [2.75, 3.05) is 6.54 Å². The van der Waals surface area contributed by atoms with Crippen LogP contribution in [-0.2, 0) is 19.6 Å². The molecule has 0 spiro atoms. The van der Waals surface area contributed by atoms with Crippen LogP contribution in [0, 0.1) is 22.7 Å². The fourth-order valence-corrected chi connectivity index (χ4v) is 2.78. The summed E-state index contributed by atoms with van der Waals surface area (Å²) in [5.41, 5.74) is 9.92. The van der Waals surface area contributed by atoms with Gasteiger partial charge in [-0.25, -0.2) is 0 Å². The maximum Gasteiger partial charge on any atom is 0.161 e. The summed E-state index contributed by atoms with van der Waals surface area (Å²) in [4.78, 5) is 0. The van der Waals surface area contributed by atoms with Crippen LogP contribution < -0.4 is 15.2 Å². The van der Waals surface area contributed by atoms with Crippen molar-refractivity contribution >= 4 is 0 Å². The van der Waals surface area contributed by atoms with Crippen molar-refractivity contribution in [1.29, 1.82) is 10.5 Å². The van der Waals surface area contributed by atoms with Gasteiger partial charge >= 0.3 is 0 Å². The summed E-state index contributed by atoms with van der Waals surface area (Å²) >= 11 is 0. The minimum absolute atomic E-state index is 0.366. The van der Waals surface area contributed by atoms with Crippen LogP contribution in [0.5, 0.6) is 11.5 Å². The molecule has 0 amide bonds. The monoisotopic (exact) mass is 383 g/mol. The normalized spacial score (nSPS) is 10.0. The topological polar surface area (TPSA) is 92.1 Å². The first-order valence-corrected chi connectivity index (χ1v) is 9.28. The summed E-state index contributed by atoms with van der Waals surface area (Å²) in [5.74, 6) is 1.29. The van der Waals surface area contributed by atoms with Crippen molar-refractivity contribution in [2.45, 2.75) is 19.6 Å². The van der Waals surface area contributed by atoms with Crippen LogP contribution in [0.2, 0.25) is 0 Å². The third-order valence-electron chi connectivity index (χ3n) is 4.40. The van der Waals surface area contributed by atoms with Crippen LogP contribution in [0.1, 0.15) is 27.8 Å². The SMILES string of the molecule is N#Cc1ccc(COc2ccc(CCN)cc2OCc2ccc(C#N)cc2)cc1. The molecular weight excluding hydrogens is 362 g/mol. The second kappa shape index (κ2) is 9.94. The molecule has 3 rings (SSSR count). The van der Waals surface area contributed by atoms with Gasteiger partial charge < -0.3 is 15.2 Å². The van der Waals surface area contributed by atoms with E-state index in [-0.39, 0.29) is 0 Å². The van der Waals surface area contributed by atoms with Gasteiger partial charge in [-0.15, -0.1) is 0 Å². The van der Waals surface area contributed by atoms with Gasteiger partial charge in [0.15, 0.2) is 11.5 Å². The standard InChI is InChI=1S/C24H21N3O2/c25-12-11-18-9-10-23(28-16-21-5-1-19(14-26)2-6-21)24(13-18)29-17-22-7-3-20(15-27)4-8-22/h1-10,13H,11-12,16-17,25H2. The number of rotatable bonds is 8. The lowest BCUT2D eigenvalue weighted by Gasteiger charge is -2.14. The Morgan fingerprint density at radius 1 is 0.655 bits per heavy atom. The van der Waals surface area contributed by atoms with Gasteiger partial charge in [-0.05, 0) is 66.1 Å². The van der Waals surface area contributed by atoms with E-state index < -0.39 is 0 Å². The largest absolute Gasteiger partial charge is 0.485 e. The van der Waals surface area contributed by atoms with E-state index in [0.29, 0.717) is 42.4 Å². The lowest BCUT2D eigenvalue weighted by molar-refractivity contribution is 0.255. The van der Waals surface area contributed by atoms with Crippen molar-refractivity contribution in [1.82, 2.24) is 0 Å². The van der Waals surface area contributed by atoms with Crippen LogP contribution in [-0.4, -0.2) is 6.54 Å². The molecule has 0 unspecified atom stereocenters. The van der Waals surface area contributed by atoms with E-state index in [4.69, 9.17) is 25.7 Å². The highest BCUT2D eigenvalue weighted by Crippen LogP contribution is 2.30. The summed E-state index contributed by atoms with van der Waals surface area (Å²) < 4.78 is 12.0. The first kappa shape index (κ1) is 19.9. The lowest BCUT2D eigenvalue weighted by Crippen LogP contribution is -2.05. The molecule has 0 heterocycles. The fourth-order valence-electron chi connectivity index (χ4n) is 2.78. The maximum absolute atomic E-state index is 8.91. The van der Waals surface area contributed by atoms with E-state index in [9.17, 15) is 0 Å². The Balaban J connectivity index is 1.72. The van der Waals surface area contributed by atoms with E-state index >= 15 is 0 Å². The summed E-state index contributed by atoms with van der Waals surface area (Å²) in [5, 5.41) is 17.8. The molecule has 0 aliphatic carbocycles. The Labute approximate surface area is 170 Å². The van der Waals surface area contributed by atoms with Gasteiger partial charge in [-0.3, -0.25) is 0 Å². The molecule has 5 nitrogen and oxygen atoms in total. The highest BCUT2D eigenvalue weighted by molar-refractivity contribution is 5.44. The highest BCUT2D eigenvalue weighted by Gasteiger charge is 2.08. The molecule has 0 atom stereocenters. The maximum atomic E-state index is 8.91. The molecule has 144 valence electrons. The summed E-state index contributed by atoms with van der Waals surface area (Å²) in [6.07, 6.45) is 0.753. The first-order valence-electron chi connectivity index (χ1n) is 9.28. The minimum atomic E-state index is 0.366. The quantitative estimate of drug-likeness (QED) is 0.632. The lowest BCUT2D eigenvalue weighted by atomic mass is 10.1. The molecule has 0 aromatic heterocycles. The number of nitrogens with zero attached hydrogens (tertiary/aromatic N) is 2. The van der Waals surface area contributed by atoms with Crippen LogP contribution >= 0.6 is 0 Å². The summed E-state index contributed by atoms with van der Waals surface area (Å²) in [6, 6.07) is 24.6. The van der Waals surface area contributed by atoms with Gasteiger partial charge in [0.1, 0.15) is 13.2 Å². The van der Waals surface area contributed by atoms with E-state index in [1.54, 1.807) is 24.3 Å². The molecule has 0 saturated carbocycles. The molecule has 3 aromatic rings. The number of ether oxygens (including phenoxy) is 2. The molecule has 0 radical (unpaired) electrons. The number of hydrogen-bond acceptors (Lipinski definition) is 5. The molecule has 5 heteroatoms. The Kier molecular flexibility index (Phi) is 6.84. The van der Waals surface area contributed by atoms with Gasteiger partial charge in [-0.2, -0.15) is 10.5 Å². The molecule has 2 N–H and O–H groups in total. The molecule has 3 aromatic carbocycles. The Bertz CT molecular complexity index is 1030. The second-order valence-corrected chi connectivity index (χ2v) is 6.51. The van der Waals surface area contributed by atoms with Crippen molar-refractivity contribution in [2.24, 2.45) is 5.73 Å². The van der Waals surface area contributed by atoms with Gasteiger partial charge in [-0.1, -0.05) is 30.3 Å². The van der Waals surface area contributed by atoms with E-state index in [2.05, 4.69) is 12.1 Å². The second-order valence-electron chi connectivity index (χ2n) is 6.51. The number of nitriles is 2. The van der Waals surface area contributed by atoms with Crippen molar-refractivity contribution in [3.8, 4) is 23.6 Å². The molecule has 0 bridgehead atoms. The highest BCUT2D eigenvalue weighted by atomic mass is 16.5. The van der Waals surface area contributed by atoms with Gasteiger partial charge in [0.25, 0.3) is 0 Å². The van der Waals surface area contributed by atoms with E-state index in [0.717, 1.165) is 23.1 Å². The van der Waals surface area contributed by atoms with Crippen molar-refractivity contribution < 1.29 is 9.47 Å². The number of benzene rings is 3. The third kappa shape index (κ3) is 5.59. The molecular formula is C24H21N3O2. The zero-order chi connectivity index (χ0) is 20.5. The van der Waals surface area contributed by atoms with Crippen LogP contribution in [0.15, 0.2) is 66.7 Å². The van der Waals surface area contributed by atoms with Gasteiger partial charge in [0.2, 0.25) is 0 Å². The zero-order valence-electron chi connectivity index (χ0n) is 16.0. The van der Waals surface area contributed by atoms with Crippen molar-refractivity contribution in [3.05, 3.63) is 94.5 Å². The molecule has 0 saturated heterocycles.